The molecule has 1 atom stereocenters. The van der Waals surface area contributed by atoms with Crippen LogP contribution in [0.2, 0.25) is 0 Å². The van der Waals surface area contributed by atoms with E-state index in [0.29, 0.717) is 12.8 Å². The zero-order chi connectivity index (χ0) is 14.1. The molecular formula is C14H17NO4. The molecule has 1 rings (SSSR count). The van der Waals surface area contributed by atoms with E-state index in [9.17, 15) is 14.4 Å². The molecule has 5 nitrogen and oxygen atoms in total. The predicted molar refractivity (Wildman–Crippen MR) is 69.6 cm³/mol. The van der Waals surface area contributed by atoms with Crippen LogP contribution in [0.25, 0.3) is 0 Å². The maximum atomic E-state index is 11.7. The monoisotopic (exact) mass is 263 g/mol. The minimum atomic E-state index is -1.08. The van der Waals surface area contributed by atoms with E-state index in [2.05, 4.69) is 5.32 Å². The number of carboxylic acid groups (broad SMARTS) is 1. The molecule has 0 aliphatic heterocycles. The van der Waals surface area contributed by atoms with Gasteiger partial charge in [-0.1, -0.05) is 30.3 Å². The summed E-state index contributed by atoms with van der Waals surface area (Å²) in [4.78, 5) is 32.9. The van der Waals surface area contributed by atoms with Crippen LogP contribution >= 0.6 is 0 Å². The third-order valence-electron chi connectivity index (χ3n) is 2.66. The van der Waals surface area contributed by atoms with Gasteiger partial charge in [0, 0.05) is 6.42 Å². The highest BCUT2D eigenvalue weighted by Gasteiger charge is 2.19. The Bertz CT molecular complexity index is 430. The number of carbonyl (C=O) groups excluding carboxylic acids is 2. The number of nitrogens with one attached hydrogen (secondary N) is 1. The molecule has 0 spiro atoms. The second kappa shape index (κ2) is 8.02. The van der Waals surface area contributed by atoms with Crippen LogP contribution in [0.1, 0.15) is 24.8 Å². The average Bonchev–Trinajstić information content (AvgIpc) is 2.38. The number of hydrogen-bond donors (Lipinski definition) is 2. The maximum absolute atomic E-state index is 11.7. The lowest BCUT2D eigenvalue weighted by atomic mass is 10.1. The van der Waals surface area contributed by atoms with Gasteiger partial charge in [-0.3, -0.25) is 4.79 Å². The normalized spacial score (nSPS) is 11.6. The Kier molecular flexibility index (Phi) is 6.29. The van der Waals surface area contributed by atoms with E-state index in [0.717, 1.165) is 11.8 Å². The third-order valence-corrected chi connectivity index (χ3v) is 2.66. The number of aldehydes is 1. The molecule has 0 bridgehead atoms. The van der Waals surface area contributed by atoms with Crippen molar-refractivity contribution in [3.63, 3.8) is 0 Å². The molecule has 1 unspecified atom stereocenters. The molecule has 1 amide bonds. The first kappa shape index (κ1) is 14.9. The second-order valence-electron chi connectivity index (χ2n) is 4.22. The van der Waals surface area contributed by atoms with Crippen molar-refractivity contribution in [1.82, 2.24) is 5.32 Å². The Balaban J connectivity index is 2.47. The molecule has 5 heteroatoms. The first-order valence-corrected chi connectivity index (χ1v) is 6.13. The standard InChI is InChI=1S/C14H17NO4/c16-9-5-4-8-12(14(18)19)15-13(17)10-11-6-2-1-3-7-11/h1-3,6-7,9,12H,4-5,8,10H2,(H,15,17)(H,18,19). The Morgan fingerprint density at radius 1 is 1.26 bits per heavy atom. The number of aliphatic carboxylic acids is 1. The number of benzene rings is 1. The van der Waals surface area contributed by atoms with E-state index in [1.807, 2.05) is 30.3 Å². The topological polar surface area (TPSA) is 83.5 Å². The zero-order valence-corrected chi connectivity index (χ0v) is 10.5. The minimum Gasteiger partial charge on any atom is -0.480 e. The number of carbonyl (C=O) groups is 3. The maximum Gasteiger partial charge on any atom is 0.326 e. The first-order chi connectivity index (χ1) is 9.13. The number of carboxylic acids is 1. The zero-order valence-electron chi connectivity index (χ0n) is 10.5. The lowest BCUT2D eigenvalue weighted by Crippen LogP contribution is -2.41. The third kappa shape index (κ3) is 5.81. The van der Waals surface area contributed by atoms with Crippen molar-refractivity contribution in [1.29, 1.82) is 0 Å². The van der Waals surface area contributed by atoms with Gasteiger partial charge < -0.3 is 15.2 Å². The van der Waals surface area contributed by atoms with Crippen LogP contribution in [0.5, 0.6) is 0 Å². The number of hydrogen-bond acceptors (Lipinski definition) is 3. The molecule has 1 aromatic carbocycles. The van der Waals surface area contributed by atoms with E-state index in [1.165, 1.54) is 0 Å². The van der Waals surface area contributed by atoms with Crippen molar-refractivity contribution < 1.29 is 19.5 Å². The summed E-state index contributed by atoms with van der Waals surface area (Å²) in [5.41, 5.74) is 0.831. The van der Waals surface area contributed by atoms with Gasteiger partial charge in [-0.2, -0.15) is 0 Å². The number of amides is 1. The molecular weight excluding hydrogens is 246 g/mol. The Hall–Kier alpha value is -2.17. The van der Waals surface area contributed by atoms with E-state index >= 15 is 0 Å². The Morgan fingerprint density at radius 2 is 1.95 bits per heavy atom. The molecule has 0 saturated carbocycles. The summed E-state index contributed by atoms with van der Waals surface area (Å²) >= 11 is 0. The summed E-state index contributed by atoms with van der Waals surface area (Å²) < 4.78 is 0. The van der Waals surface area contributed by atoms with Crippen LogP contribution in [0.4, 0.5) is 0 Å². The van der Waals surface area contributed by atoms with Crippen molar-refractivity contribution in [2.24, 2.45) is 0 Å². The van der Waals surface area contributed by atoms with Gasteiger partial charge >= 0.3 is 5.97 Å². The summed E-state index contributed by atoms with van der Waals surface area (Å²) in [7, 11) is 0. The highest BCUT2D eigenvalue weighted by atomic mass is 16.4. The summed E-state index contributed by atoms with van der Waals surface area (Å²) in [6.45, 7) is 0. The van der Waals surface area contributed by atoms with Crippen LogP contribution < -0.4 is 5.32 Å². The average molecular weight is 263 g/mol. The molecule has 0 aliphatic rings. The SMILES string of the molecule is O=CCCCC(NC(=O)Cc1ccccc1)C(=O)O. The highest BCUT2D eigenvalue weighted by molar-refractivity contribution is 5.84. The van der Waals surface area contributed by atoms with Crippen molar-refractivity contribution in [3.05, 3.63) is 35.9 Å². The van der Waals surface area contributed by atoms with Gasteiger partial charge in [0.25, 0.3) is 0 Å². The molecule has 0 aliphatic carbocycles. The lowest BCUT2D eigenvalue weighted by molar-refractivity contribution is -0.142. The molecule has 0 saturated heterocycles. The largest absolute Gasteiger partial charge is 0.480 e. The predicted octanol–water partition coefficient (Wildman–Crippen LogP) is 1.17. The van der Waals surface area contributed by atoms with Gasteiger partial charge in [-0.25, -0.2) is 4.79 Å². The molecule has 19 heavy (non-hydrogen) atoms. The fraction of sp³-hybridized carbons (Fsp3) is 0.357. The van der Waals surface area contributed by atoms with Gasteiger partial charge in [-0.05, 0) is 18.4 Å². The molecule has 0 radical (unpaired) electrons. The summed E-state index contributed by atoms with van der Waals surface area (Å²) in [6, 6.07) is 8.17. The van der Waals surface area contributed by atoms with Gasteiger partial charge in [0.15, 0.2) is 0 Å². The van der Waals surface area contributed by atoms with Crippen molar-refractivity contribution in [2.75, 3.05) is 0 Å². The summed E-state index contributed by atoms with van der Waals surface area (Å²) in [5.74, 6) is -1.41. The fourth-order valence-electron chi connectivity index (χ4n) is 1.69. The fourth-order valence-corrected chi connectivity index (χ4v) is 1.69. The molecule has 2 N–H and O–H groups in total. The highest BCUT2D eigenvalue weighted by Crippen LogP contribution is 2.03. The summed E-state index contributed by atoms with van der Waals surface area (Å²) in [6.07, 6.45) is 1.90. The quantitative estimate of drug-likeness (QED) is 0.544. The molecule has 102 valence electrons. The molecule has 0 fully saturated rings. The molecule has 0 aromatic heterocycles. The van der Waals surface area contributed by atoms with E-state index in [-0.39, 0.29) is 18.7 Å². The van der Waals surface area contributed by atoms with Crippen LogP contribution in [-0.4, -0.2) is 29.3 Å². The van der Waals surface area contributed by atoms with Gasteiger partial charge in [0.05, 0.1) is 6.42 Å². The van der Waals surface area contributed by atoms with Gasteiger partial charge in [0.2, 0.25) is 5.91 Å². The lowest BCUT2D eigenvalue weighted by Gasteiger charge is -2.13. The van der Waals surface area contributed by atoms with Gasteiger partial charge in [-0.15, -0.1) is 0 Å². The molecule has 0 heterocycles. The van der Waals surface area contributed by atoms with Crippen LogP contribution in [0, 0.1) is 0 Å². The smallest absolute Gasteiger partial charge is 0.326 e. The van der Waals surface area contributed by atoms with Crippen molar-refractivity contribution >= 4 is 18.2 Å². The molecule has 1 aromatic rings. The number of rotatable bonds is 8. The Morgan fingerprint density at radius 3 is 2.53 bits per heavy atom. The van der Waals surface area contributed by atoms with Crippen LogP contribution in [0.15, 0.2) is 30.3 Å². The van der Waals surface area contributed by atoms with E-state index in [1.54, 1.807) is 0 Å². The van der Waals surface area contributed by atoms with Crippen molar-refractivity contribution in [2.45, 2.75) is 31.7 Å². The summed E-state index contributed by atoms with van der Waals surface area (Å²) in [5, 5.41) is 11.5. The minimum absolute atomic E-state index is 0.151. The van der Waals surface area contributed by atoms with Crippen LogP contribution in [0.3, 0.4) is 0 Å². The Labute approximate surface area is 111 Å². The van der Waals surface area contributed by atoms with Crippen LogP contribution in [-0.2, 0) is 20.8 Å². The van der Waals surface area contributed by atoms with Gasteiger partial charge in [0.1, 0.15) is 12.3 Å². The second-order valence-corrected chi connectivity index (χ2v) is 4.22. The first-order valence-electron chi connectivity index (χ1n) is 6.13. The van der Waals surface area contributed by atoms with Crippen molar-refractivity contribution in [3.8, 4) is 0 Å². The van der Waals surface area contributed by atoms with E-state index in [4.69, 9.17) is 5.11 Å². The number of unbranched alkanes of at least 4 members (excludes halogenated alkanes) is 1. The van der Waals surface area contributed by atoms with E-state index < -0.39 is 12.0 Å².